The van der Waals surface area contributed by atoms with Gasteiger partial charge in [-0.25, -0.2) is 0 Å². The van der Waals surface area contributed by atoms with Crippen LogP contribution in [0.1, 0.15) is 27.9 Å². The molecule has 22 heavy (non-hydrogen) atoms. The molecule has 3 nitrogen and oxygen atoms in total. The van der Waals surface area contributed by atoms with Crippen molar-refractivity contribution in [3.8, 4) is 5.75 Å². The van der Waals surface area contributed by atoms with Crippen LogP contribution in [-0.4, -0.2) is 19.5 Å². The first-order valence-electron chi connectivity index (χ1n) is 7.21. The first-order chi connectivity index (χ1) is 10.7. The molecule has 0 amide bonds. The van der Waals surface area contributed by atoms with E-state index in [9.17, 15) is 4.79 Å². The minimum absolute atomic E-state index is 0.552. The van der Waals surface area contributed by atoms with Crippen molar-refractivity contribution >= 4 is 22.2 Å². The number of aryl methyl sites for hydroxylation is 1. The minimum atomic E-state index is 0.552. The molecule has 0 saturated carbocycles. The van der Waals surface area contributed by atoms with Crippen LogP contribution in [0.25, 0.3) is 0 Å². The summed E-state index contributed by atoms with van der Waals surface area (Å²) >= 11 is 3.42. The van der Waals surface area contributed by atoms with E-state index in [2.05, 4.69) is 15.9 Å². The number of ether oxygens (including phenoxy) is 2. The average molecular weight is 363 g/mol. The van der Waals surface area contributed by atoms with Crippen molar-refractivity contribution in [2.75, 3.05) is 13.2 Å². The van der Waals surface area contributed by atoms with Crippen molar-refractivity contribution in [2.24, 2.45) is 0 Å². The molecular formula is C18H19BrO3. The molecule has 0 unspecified atom stereocenters. The summed E-state index contributed by atoms with van der Waals surface area (Å²) in [6.07, 6.45) is 1.61. The summed E-state index contributed by atoms with van der Waals surface area (Å²) in [5.41, 5.74) is 2.77. The molecule has 2 rings (SSSR count). The van der Waals surface area contributed by atoms with Crippen LogP contribution >= 0.6 is 15.9 Å². The van der Waals surface area contributed by atoms with Gasteiger partial charge in [0.05, 0.1) is 24.3 Å². The number of aldehydes is 1. The van der Waals surface area contributed by atoms with Crippen molar-refractivity contribution in [3.63, 3.8) is 0 Å². The van der Waals surface area contributed by atoms with Gasteiger partial charge in [-0.2, -0.15) is 0 Å². The van der Waals surface area contributed by atoms with Gasteiger partial charge in [0, 0.05) is 12.0 Å². The Morgan fingerprint density at radius 3 is 2.59 bits per heavy atom. The minimum Gasteiger partial charge on any atom is -0.492 e. The van der Waals surface area contributed by atoms with Crippen LogP contribution in [0.5, 0.6) is 5.75 Å². The Morgan fingerprint density at radius 1 is 1.09 bits per heavy atom. The molecule has 0 saturated heterocycles. The standard InChI is InChI=1S/C18H19BrO3/c1-14-8-9-16(12-20)17(19)18(14)22-11-5-10-21-13-15-6-3-2-4-7-15/h2-4,6-9,12H,5,10-11,13H2,1H3. The van der Waals surface area contributed by atoms with Crippen LogP contribution in [0.15, 0.2) is 46.9 Å². The highest BCUT2D eigenvalue weighted by Crippen LogP contribution is 2.31. The van der Waals surface area contributed by atoms with Gasteiger partial charge in [0.1, 0.15) is 5.75 Å². The summed E-state index contributed by atoms with van der Waals surface area (Å²) in [5, 5.41) is 0. The third kappa shape index (κ3) is 4.68. The average Bonchev–Trinajstić information content (AvgIpc) is 2.54. The molecule has 0 aromatic heterocycles. The van der Waals surface area contributed by atoms with E-state index in [-0.39, 0.29) is 0 Å². The molecular weight excluding hydrogens is 344 g/mol. The summed E-state index contributed by atoms with van der Waals surface area (Å²) in [6, 6.07) is 13.7. The summed E-state index contributed by atoms with van der Waals surface area (Å²) in [6.45, 7) is 3.76. The second-order valence-electron chi connectivity index (χ2n) is 4.97. The van der Waals surface area contributed by atoms with Crippen molar-refractivity contribution in [1.29, 1.82) is 0 Å². The van der Waals surface area contributed by atoms with E-state index in [1.807, 2.05) is 43.3 Å². The highest BCUT2D eigenvalue weighted by molar-refractivity contribution is 9.10. The molecule has 2 aromatic carbocycles. The molecule has 0 heterocycles. The SMILES string of the molecule is Cc1ccc(C=O)c(Br)c1OCCCOCc1ccccc1. The Balaban J connectivity index is 1.74. The lowest BCUT2D eigenvalue weighted by Gasteiger charge is -2.12. The van der Waals surface area contributed by atoms with Gasteiger partial charge in [-0.05, 0) is 34.0 Å². The van der Waals surface area contributed by atoms with Gasteiger partial charge in [-0.15, -0.1) is 0 Å². The lowest BCUT2D eigenvalue weighted by atomic mass is 10.1. The van der Waals surface area contributed by atoms with Gasteiger partial charge in [0.2, 0.25) is 0 Å². The van der Waals surface area contributed by atoms with E-state index in [1.54, 1.807) is 6.07 Å². The Bertz CT molecular complexity index is 611. The van der Waals surface area contributed by atoms with Crippen LogP contribution in [0, 0.1) is 6.92 Å². The third-order valence-corrected chi connectivity index (χ3v) is 4.06. The second-order valence-corrected chi connectivity index (χ2v) is 5.77. The van der Waals surface area contributed by atoms with Gasteiger partial charge in [-0.1, -0.05) is 42.5 Å². The van der Waals surface area contributed by atoms with Crippen LogP contribution < -0.4 is 4.74 Å². The van der Waals surface area contributed by atoms with Crippen LogP contribution in [-0.2, 0) is 11.3 Å². The fourth-order valence-corrected chi connectivity index (χ4v) is 2.69. The molecule has 0 aliphatic carbocycles. The maximum Gasteiger partial charge on any atom is 0.151 e. The van der Waals surface area contributed by atoms with E-state index in [0.29, 0.717) is 29.9 Å². The number of hydrogen-bond donors (Lipinski definition) is 0. The molecule has 2 aromatic rings. The van der Waals surface area contributed by atoms with E-state index < -0.39 is 0 Å². The molecule has 0 aliphatic heterocycles. The summed E-state index contributed by atoms with van der Waals surface area (Å²) in [7, 11) is 0. The molecule has 0 bridgehead atoms. The number of rotatable bonds is 8. The number of halogens is 1. The lowest BCUT2D eigenvalue weighted by molar-refractivity contribution is 0.107. The largest absolute Gasteiger partial charge is 0.492 e. The number of hydrogen-bond acceptors (Lipinski definition) is 3. The maximum atomic E-state index is 10.9. The molecule has 4 heteroatoms. The van der Waals surface area contributed by atoms with Crippen LogP contribution in [0.4, 0.5) is 0 Å². The molecule has 0 fully saturated rings. The van der Waals surface area contributed by atoms with Crippen molar-refractivity contribution < 1.29 is 14.3 Å². The number of carbonyl (C=O) groups is 1. The molecule has 0 radical (unpaired) electrons. The normalized spacial score (nSPS) is 10.5. The smallest absolute Gasteiger partial charge is 0.151 e. The zero-order valence-electron chi connectivity index (χ0n) is 12.5. The first-order valence-corrected chi connectivity index (χ1v) is 8.00. The Hall–Kier alpha value is -1.65. The number of carbonyl (C=O) groups excluding carboxylic acids is 1. The second kappa shape index (κ2) is 8.71. The van der Waals surface area contributed by atoms with Crippen molar-refractivity contribution in [3.05, 3.63) is 63.6 Å². The molecule has 0 N–H and O–H groups in total. The summed E-state index contributed by atoms with van der Waals surface area (Å²) < 4.78 is 12.1. The predicted molar refractivity (Wildman–Crippen MR) is 90.5 cm³/mol. The topological polar surface area (TPSA) is 35.5 Å². The van der Waals surface area contributed by atoms with Gasteiger partial charge in [-0.3, -0.25) is 4.79 Å². The Labute approximate surface area is 139 Å². The highest BCUT2D eigenvalue weighted by atomic mass is 79.9. The van der Waals surface area contributed by atoms with Gasteiger partial charge in [0.15, 0.2) is 6.29 Å². The Morgan fingerprint density at radius 2 is 1.86 bits per heavy atom. The molecule has 0 spiro atoms. The summed E-state index contributed by atoms with van der Waals surface area (Å²) in [5.74, 6) is 0.729. The first kappa shape index (κ1) is 16.7. The number of benzene rings is 2. The molecule has 0 aliphatic rings. The van der Waals surface area contributed by atoms with Gasteiger partial charge >= 0.3 is 0 Å². The molecule has 116 valence electrons. The van der Waals surface area contributed by atoms with E-state index >= 15 is 0 Å². The van der Waals surface area contributed by atoms with Crippen LogP contribution in [0.3, 0.4) is 0 Å². The van der Waals surface area contributed by atoms with E-state index in [0.717, 1.165) is 24.0 Å². The maximum absolute atomic E-state index is 10.9. The fourth-order valence-electron chi connectivity index (χ4n) is 2.04. The van der Waals surface area contributed by atoms with Gasteiger partial charge in [0.25, 0.3) is 0 Å². The van der Waals surface area contributed by atoms with Crippen molar-refractivity contribution in [2.45, 2.75) is 20.0 Å². The zero-order valence-corrected chi connectivity index (χ0v) is 14.1. The molecule has 0 atom stereocenters. The highest BCUT2D eigenvalue weighted by Gasteiger charge is 2.09. The predicted octanol–water partition coefficient (Wildman–Crippen LogP) is 4.56. The Kier molecular flexibility index (Phi) is 6.62. The van der Waals surface area contributed by atoms with Crippen LogP contribution in [0.2, 0.25) is 0 Å². The third-order valence-electron chi connectivity index (χ3n) is 3.24. The quantitative estimate of drug-likeness (QED) is 0.510. The van der Waals surface area contributed by atoms with E-state index in [4.69, 9.17) is 9.47 Å². The van der Waals surface area contributed by atoms with Crippen molar-refractivity contribution in [1.82, 2.24) is 0 Å². The monoisotopic (exact) mass is 362 g/mol. The van der Waals surface area contributed by atoms with E-state index in [1.165, 1.54) is 5.56 Å². The zero-order chi connectivity index (χ0) is 15.8. The van der Waals surface area contributed by atoms with Gasteiger partial charge < -0.3 is 9.47 Å². The fraction of sp³-hybridized carbons (Fsp3) is 0.278. The lowest BCUT2D eigenvalue weighted by Crippen LogP contribution is -2.05. The summed E-state index contributed by atoms with van der Waals surface area (Å²) in [4.78, 5) is 10.9.